The van der Waals surface area contributed by atoms with Crippen LogP contribution in [0.5, 0.6) is 0 Å². The molecule has 0 saturated carbocycles. The van der Waals surface area contributed by atoms with Crippen molar-refractivity contribution in [2.24, 2.45) is 0 Å². The van der Waals surface area contributed by atoms with Crippen LogP contribution in [-0.2, 0) is 16.6 Å². The molecular weight excluding hydrogens is 295 g/mol. The van der Waals surface area contributed by atoms with E-state index in [1.807, 2.05) is 0 Å². The predicted octanol–water partition coefficient (Wildman–Crippen LogP) is 1.70. The average Bonchev–Trinajstić information content (AvgIpc) is 3.07. The smallest absolute Gasteiger partial charge is 0.235 e. The van der Waals surface area contributed by atoms with Gasteiger partial charge >= 0.3 is 0 Å². The van der Waals surface area contributed by atoms with Gasteiger partial charge in [-0.15, -0.1) is 0 Å². The molecule has 6 nitrogen and oxygen atoms in total. The van der Waals surface area contributed by atoms with Crippen molar-refractivity contribution in [3.8, 4) is 0 Å². The fourth-order valence-corrected chi connectivity index (χ4v) is 3.87. The maximum Gasteiger partial charge on any atom is 0.235 e. The Labute approximate surface area is 122 Å². The van der Waals surface area contributed by atoms with Crippen LogP contribution in [0.15, 0.2) is 30.6 Å². The van der Waals surface area contributed by atoms with Crippen molar-refractivity contribution in [3.05, 3.63) is 42.2 Å². The number of aromatic amines is 1. The Bertz CT molecular complexity index is 731. The summed E-state index contributed by atoms with van der Waals surface area (Å²) < 4.78 is 38.9. The minimum Gasteiger partial charge on any atom is -0.378 e. The normalized spacial score (nSPS) is 17.1. The van der Waals surface area contributed by atoms with Crippen molar-refractivity contribution in [1.29, 1.82) is 0 Å². The molecule has 0 unspecified atom stereocenters. The predicted molar refractivity (Wildman–Crippen MR) is 78.1 cm³/mol. The van der Waals surface area contributed by atoms with E-state index >= 15 is 0 Å². The lowest BCUT2D eigenvalue weighted by Gasteiger charge is -2.18. The first kappa shape index (κ1) is 13.9. The summed E-state index contributed by atoms with van der Waals surface area (Å²) in [5, 5.41) is 3.08. The van der Waals surface area contributed by atoms with Crippen LogP contribution >= 0.6 is 0 Å². The Morgan fingerprint density at radius 3 is 2.95 bits per heavy atom. The summed E-state index contributed by atoms with van der Waals surface area (Å²) in [4.78, 5) is 7.02. The Morgan fingerprint density at radius 1 is 1.43 bits per heavy atom. The molecule has 0 spiro atoms. The van der Waals surface area contributed by atoms with Gasteiger partial charge in [0.15, 0.2) is 0 Å². The maximum absolute atomic E-state index is 13.9. The molecule has 2 heterocycles. The molecule has 0 atom stereocenters. The number of rotatable bonds is 4. The molecule has 1 aromatic carbocycles. The van der Waals surface area contributed by atoms with Crippen molar-refractivity contribution in [3.63, 3.8) is 0 Å². The van der Waals surface area contributed by atoms with Crippen LogP contribution in [0.3, 0.4) is 0 Å². The van der Waals surface area contributed by atoms with Crippen molar-refractivity contribution in [2.75, 3.05) is 21.9 Å². The molecule has 1 fully saturated rings. The van der Waals surface area contributed by atoms with Gasteiger partial charge in [-0.25, -0.2) is 17.8 Å². The number of aromatic nitrogens is 2. The van der Waals surface area contributed by atoms with E-state index in [1.54, 1.807) is 18.5 Å². The van der Waals surface area contributed by atoms with Gasteiger partial charge in [0.25, 0.3) is 0 Å². The van der Waals surface area contributed by atoms with Gasteiger partial charge in [-0.3, -0.25) is 4.31 Å². The summed E-state index contributed by atoms with van der Waals surface area (Å²) in [6.45, 7) is 0.770. The van der Waals surface area contributed by atoms with E-state index in [-0.39, 0.29) is 11.4 Å². The molecule has 1 aliphatic rings. The average molecular weight is 310 g/mol. The van der Waals surface area contributed by atoms with Crippen molar-refractivity contribution in [1.82, 2.24) is 9.97 Å². The van der Waals surface area contributed by atoms with E-state index in [9.17, 15) is 12.8 Å². The number of anilines is 2. The van der Waals surface area contributed by atoms with Gasteiger partial charge in [0.05, 0.1) is 18.0 Å². The topological polar surface area (TPSA) is 78.1 Å². The number of hydrogen-bond acceptors (Lipinski definition) is 4. The minimum absolute atomic E-state index is 0.0660. The number of imidazole rings is 1. The highest BCUT2D eigenvalue weighted by atomic mass is 32.2. The molecule has 1 aliphatic heterocycles. The first-order chi connectivity index (χ1) is 10.1. The van der Waals surface area contributed by atoms with Crippen LogP contribution in [0.1, 0.15) is 12.2 Å². The summed E-state index contributed by atoms with van der Waals surface area (Å²) >= 11 is 0. The third kappa shape index (κ3) is 2.85. The van der Waals surface area contributed by atoms with Crippen LogP contribution in [0, 0.1) is 5.82 Å². The Balaban J connectivity index is 1.83. The first-order valence-corrected chi connectivity index (χ1v) is 8.19. The van der Waals surface area contributed by atoms with Gasteiger partial charge in [-0.05, 0) is 24.6 Å². The van der Waals surface area contributed by atoms with E-state index < -0.39 is 15.8 Å². The molecule has 0 aliphatic carbocycles. The number of nitrogens with one attached hydrogen (secondary N) is 2. The molecular formula is C13H15FN4O2S. The van der Waals surface area contributed by atoms with Crippen LogP contribution < -0.4 is 9.62 Å². The summed E-state index contributed by atoms with van der Waals surface area (Å²) in [5.41, 5.74) is 0.738. The van der Waals surface area contributed by atoms with E-state index in [0.717, 1.165) is 10.1 Å². The zero-order chi connectivity index (χ0) is 14.9. The molecule has 1 saturated heterocycles. The highest BCUT2D eigenvalue weighted by Gasteiger charge is 2.30. The third-order valence-electron chi connectivity index (χ3n) is 3.33. The van der Waals surface area contributed by atoms with Crippen molar-refractivity contribution < 1.29 is 12.8 Å². The number of halogens is 1. The number of hydrogen-bond donors (Lipinski definition) is 2. The standard InChI is InChI=1S/C13H15FN4O2S/c14-11-3-2-10(17-9-13-15-4-5-16-13)8-12(11)18-6-1-7-21(18,19)20/h2-5,8,17H,1,6-7,9H2,(H,15,16). The highest BCUT2D eigenvalue weighted by Crippen LogP contribution is 2.29. The maximum atomic E-state index is 13.9. The third-order valence-corrected chi connectivity index (χ3v) is 5.18. The fraction of sp³-hybridized carbons (Fsp3) is 0.308. The summed E-state index contributed by atoms with van der Waals surface area (Å²) in [6.07, 6.45) is 3.87. The number of nitrogens with zero attached hydrogens (tertiary/aromatic N) is 2. The zero-order valence-corrected chi connectivity index (χ0v) is 12.0. The van der Waals surface area contributed by atoms with Gasteiger partial charge in [-0.2, -0.15) is 0 Å². The fourth-order valence-electron chi connectivity index (χ4n) is 2.30. The molecule has 0 amide bonds. The molecule has 0 bridgehead atoms. The SMILES string of the molecule is O=S1(=O)CCCN1c1cc(NCc2ncc[nH]2)ccc1F. The Kier molecular flexibility index (Phi) is 3.54. The second-order valence-electron chi connectivity index (χ2n) is 4.80. The zero-order valence-electron chi connectivity index (χ0n) is 11.2. The Morgan fingerprint density at radius 2 is 2.29 bits per heavy atom. The summed E-state index contributed by atoms with van der Waals surface area (Å²) in [7, 11) is -3.39. The van der Waals surface area contributed by atoms with Crippen molar-refractivity contribution in [2.45, 2.75) is 13.0 Å². The van der Waals surface area contributed by atoms with Crippen LogP contribution in [0.25, 0.3) is 0 Å². The summed E-state index contributed by atoms with van der Waals surface area (Å²) in [6, 6.07) is 4.36. The van der Waals surface area contributed by atoms with Crippen LogP contribution in [0.2, 0.25) is 0 Å². The number of H-pyrrole nitrogens is 1. The molecule has 0 radical (unpaired) electrons. The molecule has 1 aromatic heterocycles. The van der Waals surface area contributed by atoms with E-state index in [4.69, 9.17) is 0 Å². The number of sulfonamides is 1. The molecule has 8 heteroatoms. The number of benzene rings is 1. The van der Waals surface area contributed by atoms with Gasteiger partial charge < -0.3 is 10.3 Å². The largest absolute Gasteiger partial charge is 0.378 e. The molecule has 112 valence electrons. The van der Waals surface area contributed by atoms with Crippen LogP contribution in [0.4, 0.5) is 15.8 Å². The quantitative estimate of drug-likeness (QED) is 0.901. The summed E-state index contributed by atoms with van der Waals surface area (Å²) in [5.74, 6) is 0.273. The van der Waals surface area contributed by atoms with E-state index in [0.29, 0.717) is 25.2 Å². The monoisotopic (exact) mass is 310 g/mol. The molecule has 2 aromatic rings. The second-order valence-corrected chi connectivity index (χ2v) is 6.81. The van der Waals surface area contributed by atoms with Crippen LogP contribution in [-0.4, -0.2) is 30.7 Å². The molecule has 3 rings (SSSR count). The lowest BCUT2D eigenvalue weighted by molar-refractivity contribution is 0.595. The second kappa shape index (κ2) is 5.36. The van der Waals surface area contributed by atoms with Gasteiger partial charge in [0.2, 0.25) is 10.0 Å². The van der Waals surface area contributed by atoms with E-state index in [2.05, 4.69) is 15.3 Å². The molecule has 2 N–H and O–H groups in total. The van der Waals surface area contributed by atoms with Gasteiger partial charge in [0.1, 0.15) is 11.6 Å². The van der Waals surface area contributed by atoms with Gasteiger partial charge in [-0.1, -0.05) is 0 Å². The molecule has 21 heavy (non-hydrogen) atoms. The van der Waals surface area contributed by atoms with E-state index in [1.165, 1.54) is 12.1 Å². The first-order valence-electron chi connectivity index (χ1n) is 6.58. The van der Waals surface area contributed by atoms with Gasteiger partial charge in [0, 0.05) is 24.6 Å². The lowest BCUT2D eigenvalue weighted by Crippen LogP contribution is -2.26. The van der Waals surface area contributed by atoms with Crippen molar-refractivity contribution >= 4 is 21.4 Å². The Hall–Kier alpha value is -2.09. The lowest BCUT2D eigenvalue weighted by atomic mass is 10.2. The highest BCUT2D eigenvalue weighted by molar-refractivity contribution is 7.93. The minimum atomic E-state index is -3.39.